The predicted molar refractivity (Wildman–Crippen MR) is 90.1 cm³/mol. The third kappa shape index (κ3) is 3.02. The van der Waals surface area contributed by atoms with Crippen LogP contribution in [0.4, 0.5) is 0 Å². The molecule has 3 nitrogen and oxygen atoms in total. The number of hydrogen-bond acceptors (Lipinski definition) is 3. The average Bonchev–Trinajstić information content (AvgIpc) is 2.51. The minimum absolute atomic E-state index is 0. The summed E-state index contributed by atoms with van der Waals surface area (Å²) < 4.78 is 6.02. The highest BCUT2D eigenvalue weighted by atomic mass is 35.5. The number of carbonyl (C=O) groups is 1. The van der Waals surface area contributed by atoms with Crippen molar-refractivity contribution in [1.29, 1.82) is 0 Å². The lowest BCUT2D eigenvalue weighted by Gasteiger charge is -2.53. The molecule has 3 atom stereocenters. The van der Waals surface area contributed by atoms with E-state index in [0.29, 0.717) is 12.0 Å². The maximum absolute atomic E-state index is 11.8. The van der Waals surface area contributed by atoms with Gasteiger partial charge in [-0.25, -0.2) is 0 Å². The van der Waals surface area contributed by atoms with Crippen molar-refractivity contribution in [2.45, 2.75) is 50.7 Å². The number of nitrogens with zero attached hydrogens (tertiary/aromatic N) is 1. The molecular weight excluding hydrogens is 298 g/mol. The van der Waals surface area contributed by atoms with Crippen molar-refractivity contribution in [3.05, 3.63) is 35.9 Å². The largest absolute Gasteiger partial charge is 0.454 e. The van der Waals surface area contributed by atoms with E-state index in [0.717, 1.165) is 19.4 Å². The van der Waals surface area contributed by atoms with Crippen LogP contribution in [0.15, 0.2) is 30.3 Å². The number of likely N-dealkylation sites (tertiary alicyclic amines) is 1. The molecule has 0 N–H and O–H groups in total. The summed E-state index contributed by atoms with van der Waals surface area (Å²) in [6, 6.07) is 10.9. The number of esters is 1. The molecule has 1 aromatic carbocycles. The summed E-state index contributed by atoms with van der Waals surface area (Å²) in [5.41, 5.74) is 0.746. The quantitative estimate of drug-likeness (QED) is 0.776. The Morgan fingerprint density at radius 1 is 1.23 bits per heavy atom. The minimum atomic E-state index is -0.426. The molecule has 4 heteroatoms. The minimum Gasteiger partial charge on any atom is -0.454 e. The fourth-order valence-electron chi connectivity index (χ4n) is 4.40. The Hall–Kier alpha value is -1.06. The Morgan fingerprint density at radius 2 is 1.91 bits per heavy atom. The first kappa shape index (κ1) is 17.3. The molecule has 122 valence electrons. The smallest absolute Gasteiger partial charge is 0.303 e. The SMILES string of the molecule is CC(=O)OC1(c2ccccc2)CCN(C)C2CCCCC21.Cl. The topological polar surface area (TPSA) is 29.5 Å². The number of rotatable bonds is 2. The van der Waals surface area contributed by atoms with Gasteiger partial charge in [0.25, 0.3) is 0 Å². The van der Waals surface area contributed by atoms with Gasteiger partial charge in [-0.3, -0.25) is 4.79 Å². The molecule has 3 rings (SSSR count). The third-order valence-corrected chi connectivity index (χ3v) is 5.32. The monoisotopic (exact) mass is 323 g/mol. The van der Waals surface area contributed by atoms with Crippen LogP contribution in [0.3, 0.4) is 0 Å². The number of carbonyl (C=O) groups excluding carboxylic acids is 1. The summed E-state index contributed by atoms with van der Waals surface area (Å²) in [5, 5.41) is 0. The highest BCUT2D eigenvalue weighted by Crippen LogP contribution is 2.48. The first-order chi connectivity index (χ1) is 10.1. The normalized spacial score (nSPS) is 31.7. The van der Waals surface area contributed by atoms with E-state index in [4.69, 9.17) is 4.74 Å². The third-order valence-electron chi connectivity index (χ3n) is 5.32. The fraction of sp³-hybridized carbons (Fsp3) is 0.611. The standard InChI is InChI=1S/C18H25NO2.ClH/c1-14(20)21-18(15-8-4-3-5-9-15)12-13-19(2)17-11-7-6-10-16(17)18;/h3-5,8-9,16-17H,6-7,10-13H2,1-2H3;1H. The number of benzene rings is 1. The molecule has 1 saturated heterocycles. The molecule has 0 bridgehead atoms. The van der Waals surface area contributed by atoms with Gasteiger partial charge in [0.15, 0.2) is 0 Å². The van der Waals surface area contributed by atoms with Crippen molar-refractivity contribution in [2.75, 3.05) is 13.6 Å². The van der Waals surface area contributed by atoms with Crippen LogP contribution in [0.1, 0.15) is 44.6 Å². The van der Waals surface area contributed by atoms with Gasteiger partial charge in [-0.05, 0) is 25.5 Å². The molecule has 1 heterocycles. The number of halogens is 1. The zero-order valence-corrected chi connectivity index (χ0v) is 14.3. The van der Waals surface area contributed by atoms with Crippen LogP contribution in [-0.2, 0) is 15.1 Å². The second-order valence-corrected chi connectivity index (χ2v) is 6.54. The van der Waals surface area contributed by atoms with Crippen molar-refractivity contribution < 1.29 is 9.53 Å². The van der Waals surface area contributed by atoms with Gasteiger partial charge in [0.05, 0.1) is 0 Å². The van der Waals surface area contributed by atoms with Crippen LogP contribution in [-0.4, -0.2) is 30.5 Å². The van der Waals surface area contributed by atoms with E-state index >= 15 is 0 Å². The fourth-order valence-corrected chi connectivity index (χ4v) is 4.40. The van der Waals surface area contributed by atoms with Gasteiger partial charge in [0, 0.05) is 31.8 Å². The van der Waals surface area contributed by atoms with Gasteiger partial charge in [0.2, 0.25) is 0 Å². The van der Waals surface area contributed by atoms with E-state index < -0.39 is 5.60 Å². The number of ether oxygens (including phenoxy) is 1. The summed E-state index contributed by atoms with van der Waals surface area (Å²) in [6.45, 7) is 2.53. The summed E-state index contributed by atoms with van der Waals surface area (Å²) in [6.07, 6.45) is 5.80. The van der Waals surface area contributed by atoms with Gasteiger partial charge in [-0.1, -0.05) is 43.2 Å². The van der Waals surface area contributed by atoms with E-state index in [1.54, 1.807) is 6.92 Å². The van der Waals surface area contributed by atoms with Crippen LogP contribution in [0, 0.1) is 5.92 Å². The maximum Gasteiger partial charge on any atom is 0.303 e. The zero-order chi connectivity index (χ0) is 14.9. The summed E-state index contributed by atoms with van der Waals surface area (Å²) in [5.74, 6) is 0.254. The number of hydrogen-bond donors (Lipinski definition) is 0. The second-order valence-electron chi connectivity index (χ2n) is 6.54. The molecule has 0 aromatic heterocycles. The Balaban J connectivity index is 0.00000176. The summed E-state index contributed by atoms with van der Waals surface area (Å²) >= 11 is 0. The van der Waals surface area contributed by atoms with E-state index in [1.807, 2.05) is 6.07 Å². The van der Waals surface area contributed by atoms with Crippen LogP contribution in [0.25, 0.3) is 0 Å². The van der Waals surface area contributed by atoms with Crippen LogP contribution in [0.2, 0.25) is 0 Å². The molecule has 22 heavy (non-hydrogen) atoms. The highest BCUT2D eigenvalue weighted by molar-refractivity contribution is 5.85. The van der Waals surface area contributed by atoms with Crippen LogP contribution >= 0.6 is 12.4 Å². The lowest BCUT2D eigenvalue weighted by atomic mass is 9.66. The van der Waals surface area contributed by atoms with Gasteiger partial charge < -0.3 is 9.64 Å². The zero-order valence-electron chi connectivity index (χ0n) is 13.5. The molecule has 0 amide bonds. The molecule has 1 aliphatic heterocycles. The Bertz CT molecular complexity index is 507. The summed E-state index contributed by atoms with van der Waals surface area (Å²) in [4.78, 5) is 14.3. The van der Waals surface area contributed by atoms with Crippen molar-refractivity contribution in [1.82, 2.24) is 4.90 Å². The molecule has 1 aliphatic carbocycles. The highest BCUT2D eigenvalue weighted by Gasteiger charge is 2.51. The van der Waals surface area contributed by atoms with Crippen LogP contribution in [0.5, 0.6) is 0 Å². The maximum atomic E-state index is 11.8. The molecule has 3 unspecified atom stereocenters. The molecule has 1 saturated carbocycles. The average molecular weight is 324 g/mol. The van der Waals surface area contributed by atoms with Gasteiger partial charge in [0.1, 0.15) is 5.60 Å². The van der Waals surface area contributed by atoms with E-state index in [-0.39, 0.29) is 18.4 Å². The molecule has 0 radical (unpaired) electrons. The first-order valence-electron chi connectivity index (χ1n) is 8.09. The van der Waals surface area contributed by atoms with Gasteiger partial charge >= 0.3 is 5.97 Å². The van der Waals surface area contributed by atoms with E-state index in [9.17, 15) is 4.79 Å². The van der Waals surface area contributed by atoms with Crippen molar-refractivity contribution in [3.8, 4) is 0 Å². The van der Waals surface area contributed by atoms with E-state index in [1.165, 1.54) is 24.8 Å². The Kier molecular flexibility index (Phi) is 5.51. The Morgan fingerprint density at radius 3 is 2.59 bits per heavy atom. The predicted octanol–water partition coefficient (Wildman–Crippen LogP) is 3.76. The lowest BCUT2D eigenvalue weighted by molar-refractivity contribution is -0.182. The number of piperidine rings is 1. The number of fused-ring (bicyclic) bond motifs is 1. The second kappa shape index (κ2) is 7.01. The van der Waals surface area contributed by atoms with Gasteiger partial charge in [-0.15, -0.1) is 12.4 Å². The van der Waals surface area contributed by atoms with Gasteiger partial charge in [-0.2, -0.15) is 0 Å². The molecule has 2 aliphatic rings. The van der Waals surface area contributed by atoms with Crippen molar-refractivity contribution in [2.24, 2.45) is 5.92 Å². The Labute approximate surface area is 139 Å². The first-order valence-corrected chi connectivity index (χ1v) is 8.09. The summed E-state index contributed by atoms with van der Waals surface area (Å²) in [7, 11) is 2.21. The molecular formula is C18H26ClNO2. The molecule has 2 fully saturated rings. The van der Waals surface area contributed by atoms with Crippen LogP contribution < -0.4 is 0 Å². The van der Waals surface area contributed by atoms with Crippen molar-refractivity contribution >= 4 is 18.4 Å². The molecule has 0 spiro atoms. The molecule has 1 aromatic rings. The van der Waals surface area contributed by atoms with E-state index in [2.05, 4.69) is 36.2 Å². The lowest BCUT2D eigenvalue weighted by Crippen LogP contribution is -2.57. The van der Waals surface area contributed by atoms with Crippen molar-refractivity contribution in [3.63, 3.8) is 0 Å².